The Morgan fingerprint density at radius 2 is 1.32 bits per heavy atom. The van der Waals surface area contributed by atoms with Gasteiger partial charge in [0.15, 0.2) is 0 Å². The third-order valence-corrected chi connectivity index (χ3v) is 11.3. The molecule has 2 aliphatic heterocycles. The molecule has 0 N–H and O–H groups in total. The molecular formula is C47H50N2O7. The van der Waals surface area contributed by atoms with E-state index in [0.717, 1.165) is 72.5 Å². The van der Waals surface area contributed by atoms with E-state index < -0.39 is 0 Å². The third-order valence-electron chi connectivity index (χ3n) is 11.3. The highest BCUT2D eigenvalue weighted by Crippen LogP contribution is 2.57. The molecule has 0 bridgehead atoms. The SMILES string of the molecule is Cc1cc(OC[C@@H]2CCCOC2)cc(=O)n1Cc1ccc(C#CC2CC2C2CC2C#Cc2cccc(Cn3c(C)cc(OC[C@@H]4COCCO4)cc3=O)c2)cc1. The van der Waals surface area contributed by atoms with E-state index in [0.29, 0.717) is 87.2 Å². The van der Waals surface area contributed by atoms with Crippen LogP contribution in [-0.4, -0.2) is 61.5 Å². The fraction of sp³-hybridized carbons (Fsp3) is 0.447. The Hall–Kier alpha value is -5.06. The number of pyridine rings is 2. The smallest absolute Gasteiger partial charge is 0.254 e. The number of aromatic nitrogens is 2. The zero-order valence-corrected chi connectivity index (χ0v) is 32.3. The second-order valence-corrected chi connectivity index (χ2v) is 15.7. The summed E-state index contributed by atoms with van der Waals surface area (Å²) in [6, 6.07) is 23.4. The predicted octanol–water partition coefficient (Wildman–Crippen LogP) is 6.00. The summed E-state index contributed by atoms with van der Waals surface area (Å²) in [7, 11) is 0. The van der Waals surface area contributed by atoms with Crippen LogP contribution >= 0.6 is 0 Å². The van der Waals surface area contributed by atoms with Crippen molar-refractivity contribution in [1.29, 1.82) is 0 Å². The summed E-state index contributed by atoms with van der Waals surface area (Å²) < 4.78 is 32.0. The highest BCUT2D eigenvalue weighted by Gasteiger charge is 2.52. The lowest BCUT2D eigenvalue weighted by Crippen LogP contribution is -2.33. The standard InChI is InChI=1S/C47H50N2O7/c1-32-19-41(55-29-38-7-4-16-52-28-38)24-46(50)48(32)26-36-10-8-34(9-11-36)12-14-39-22-44(39)45-23-40(45)15-13-35-5-3-6-37(21-35)27-49-33(2)20-42(25-47(49)51)56-31-43-30-53-17-18-54-43/h3,5-6,8-11,19-21,24-25,38-40,43-45H,4,7,16-18,22-23,26-31H2,1-2H3/t38-,39?,40?,43+,44?,45?/m1/s1. The van der Waals surface area contributed by atoms with E-state index in [4.69, 9.17) is 23.7 Å². The van der Waals surface area contributed by atoms with Crippen molar-refractivity contribution in [3.63, 3.8) is 0 Å². The Kier molecular flexibility index (Phi) is 11.8. The van der Waals surface area contributed by atoms with Gasteiger partial charge in [0.05, 0.1) is 46.1 Å². The van der Waals surface area contributed by atoms with Gasteiger partial charge in [-0.3, -0.25) is 9.59 Å². The predicted molar refractivity (Wildman–Crippen MR) is 214 cm³/mol. The Balaban J connectivity index is 0.800. The minimum absolute atomic E-state index is 0.0604. The molecule has 9 nitrogen and oxygen atoms in total. The molecule has 2 aliphatic carbocycles. The number of aryl methyl sites for hydroxylation is 2. The van der Waals surface area contributed by atoms with E-state index in [1.807, 2.05) is 44.2 Å². The van der Waals surface area contributed by atoms with Crippen LogP contribution in [0.5, 0.6) is 11.5 Å². The zero-order chi connectivity index (χ0) is 38.4. The lowest BCUT2D eigenvalue weighted by molar-refractivity contribution is -0.101. The molecule has 6 atom stereocenters. The van der Waals surface area contributed by atoms with E-state index in [1.165, 1.54) is 6.07 Å². The number of benzene rings is 2. The summed E-state index contributed by atoms with van der Waals surface area (Å²) in [5.74, 6) is 17.5. The van der Waals surface area contributed by atoms with Crippen LogP contribution in [0.1, 0.15) is 59.3 Å². The van der Waals surface area contributed by atoms with Crippen LogP contribution in [0.25, 0.3) is 0 Å². The van der Waals surface area contributed by atoms with Gasteiger partial charge in [0.1, 0.15) is 24.2 Å². The van der Waals surface area contributed by atoms with E-state index in [9.17, 15) is 9.59 Å². The first kappa shape index (κ1) is 37.8. The quantitative estimate of drug-likeness (QED) is 0.174. The van der Waals surface area contributed by atoms with Crippen LogP contribution in [0.4, 0.5) is 0 Å². The molecule has 4 fully saturated rings. The molecule has 2 saturated carbocycles. The van der Waals surface area contributed by atoms with Crippen molar-refractivity contribution < 1.29 is 23.7 Å². The third kappa shape index (κ3) is 9.84. The van der Waals surface area contributed by atoms with Crippen LogP contribution in [0.15, 0.2) is 82.4 Å². The summed E-state index contributed by atoms with van der Waals surface area (Å²) in [5.41, 5.74) is 5.60. The Bertz CT molecular complexity index is 2260. The van der Waals surface area contributed by atoms with Crippen molar-refractivity contribution in [1.82, 2.24) is 9.13 Å². The first-order valence-corrected chi connectivity index (χ1v) is 20.0. The molecule has 0 amide bonds. The van der Waals surface area contributed by atoms with Crippen molar-refractivity contribution in [3.8, 4) is 35.2 Å². The van der Waals surface area contributed by atoms with Gasteiger partial charge in [-0.05, 0) is 98.9 Å². The summed E-state index contributed by atoms with van der Waals surface area (Å²) >= 11 is 0. The van der Waals surface area contributed by atoms with Crippen molar-refractivity contribution in [2.75, 3.05) is 46.2 Å². The largest absolute Gasteiger partial charge is 0.493 e. The molecular weight excluding hydrogens is 705 g/mol. The fourth-order valence-corrected chi connectivity index (χ4v) is 7.81. The van der Waals surface area contributed by atoms with Gasteiger partial charge in [-0.25, -0.2) is 0 Å². The van der Waals surface area contributed by atoms with Crippen molar-refractivity contribution in [2.45, 2.75) is 58.7 Å². The lowest BCUT2D eigenvalue weighted by atomic mass is 10.0. The lowest BCUT2D eigenvalue weighted by Gasteiger charge is -2.23. The molecule has 4 unspecified atom stereocenters. The average molecular weight is 755 g/mol. The summed E-state index contributed by atoms with van der Waals surface area (Å²) in [6.07, 6.45) is 4.31. The van der Waals surface area contributed by atoms with Crippen molar-refractivity contribution in [3.05, 3.63) is 127 Å². The van der Waals surface area contributed by atoms with Gasteiger partial charge in [0.2, 0.25) is 0 Å². The summed E-state index contributed by atoms with van der Waals surface area (Å²) in [4.78, 5) is 26.0. The molecule has 8 rings (SSSR count). The number of rotatable bonds is 11. The Labute approximate surface area is 328 Å². The van der Waals surface area contributed by atoms with Gasteiger partial charge in [-0.2, -0.15) is 0 Å². The monoisotopic (exact) mass is 754 g/mol. The molecule has 0 spiro atoms. The van der Waals surface area contributed by atoms with Crippen LogP contribution in [-0.2, 0) is 27.3 Å². The Morgan fingerprint density at radius 1 is 0.679 bits per heavy atom. The number of hydrogen-bond acceptors (Lipinski definition) is 7. The van der Waals surface area contributed by atoms with Gasteiger partial charge < -0.3 is 32.8 Å². The molecule has 9 heteroatoms. The fourth-order valence-electron chi connectivity index (χ4n) is 7.81. The van der Waals surface area contributed by atoms with E-state index >= 15 is 0 Å². The normalized spacial score (nSPS) is 23.9. The highest BCUT2D eigenvalue weighted by molar-refractivity contribution is 5.41. The average Bonchev–Trinajstić information content (AvgIpc) is 4.15. The van der Waals surface area contributed by atoms with Gasteiger partial charge in [-0.1, -0.05) is 47.9 Å². The van der Waals surface area contributed by atoms with Gasteiger partial charge >= 0.3 is 0 Å². The maximum Gasteiger partial charge on any atom is 0.254 e. The summed E-state index contributed by atoms with van der Waals surface area (Å²) in [5, 5.41) is 0. The highest BCUT2D eigenvalue weighted by atomic mass is 16.6. The van der Waals surface area contributed by atoms with Crippen molar-refractivity contribution >= 4 is 0 Å². The van der Waals surface area contributed by atoms with Crippen LogP contribution in [0.2, 0.25) is 0 Å². The topological polar surface area (TPSA) is 90.2 Å². The first-order valence-electron chi connectivity index (χ1n) is 20.0. The second-order valence-electron chi connectivity index (χ2n) is 15.7. The molecule has 2 aromatic carbocycles. The van der Waals surface area contributed by atoms with Gasteiger partial charge in [0, 0.05) is 59.0 Å². The minimum atomic E-state index is -0.120. The van der Waals surface area contributed by atoms with E-state index in [1.54, 1.807) is 15.2 Å². The molecule has 4 heterocycles. The van der Waals surface area contributed by atoms with E-state index in [-0.39, 0.29) is 17.2 Å². The van der Waals surface area contributed by atoms with E-state index in [2.05, 4.69) is 54.0 Å². The number of ether oxygens (including phenoxy) is 5. The zero-order valence-electron chi connectivity index (χ0n) is 32.3. The molecule has 2 saturated heterocycles. The maximum atomic E-state index is 13.0. The molecule has 4 aromatic rings. The van der Waals surface area contributed by atoms with Crippen LogP contribution in [0.3, 0.4) is 0 Å². The summed E-state index contributed by atoms with van der Waals surface area (Å²) in [6.45, 7) is 9.00. The number of hydrogen-bond donors (Lipinski definition) is 0. The van der Waals surface area contributed by atoms with Crippen LogP contribution < -0.4 is 20.6 Å². The Morgan fingerprint density at radius 3 is 1.95 bits per heavy atom. The molecule has 0 radical (unpaired) electrons. The van der Waals surface area contributed by atoms with Gasteiger partial charge in [0.25, 0.3) is 11.1 Å². The maximum absolute atomic E-state index is 13.0. The first-order chi connectivity index (χ1) is 27.3. The van der Waals surface area contributed by atoms with Crippen molar-refractivity contribution in [2.24, 2.45) is 29.6 Å². The van der Waals surface area contributed by atoms with Crippen LogP contribution in [0, 0.1) is 67.1 Å². The van der Waals surface area contributed by atoms with Gasteiger partial charge in [-0.15, -0.1) is 0 Å². The minimum Gasteiger partial charge on any atom is -0.493 e. The molecule has 56 heavy (non-hydrogen) atoms. The molecule has 4 aliphatic rings. The molecule has 2 aromatic heterocycles. The number of nitrogens with zero attached hydrogens (tertiary/aromatic N) is 2. The second kappa shape index (κ2) is 17.4. The molecule has 290 valence electrons.